The summed E-state index contributed by atoms with van der Waals surface area (Å²) < 4.78 is 10.4. The van der Waals surface area contributed by atoms with Crippen LogP contribution in [0.4, 0.5) is 16.2 Å². The SMILES string of the molecule is CCOc1ccc(NC(=O)Nc2cccc(-c3ccc(OC)nn3)c2)cc1. The fourth-order valence-corrected chi connectivity index (χ4v) is 2.43. The van der Waals surface area contributed by atoms with E-state index in [9.17, 15) is 4.79 Å². The van der Waals surface area contributed by atoms with Crippen LogP contribution in [0.3, 0.4) is 0 Å². The highest BCUT2D eigenvalue weighted by atomic mass is 16.5. The van der Waals surface area contributed by atoms with Crippen LogP contribution in [-0.2, 0) is 0 Å². The van der Waals surface area contributed by atoms with E-state index < -0.39 is 0 Å². The molecule has 3 aromatic rings. The zero-order valence-corrected chi connectivity index (χ0v) is 15.1. The van der Waals surface area contributed by atoms with Gasteiger partial charge in [0.05, 0.1) is 19.4 Å². The molecule has 0 spiro atoms. The van der Waals surface area contributed by atoms with Crippen LogP contribution in [0.2, 0.25) is 0 Å². The van der Waals surface area contributed by atoms with Gasteiger partial charge in [-0.25, -0.2) is 4.79 Å². The van der Waals surface area contributed by atoms with Crippen LogP contribution in [0.5, 0.6) is 11.6 Å². The molecule has 0 bridgehead atoms. The first kappa shape index (κ1) is 18.2. The Labute approximate surface area is 157 Å². The molecule has 0 fully saturated rings. The molecule has 3 rings (SSSR count). The van der Waals surface area contributed by atoms with Crippen LogP contribution in [0.25, 0.3) is 11.3 Å². The van der Waals surface area contributed by atoms with Crippen molar-refractivity contribution in [3.63, 3.8) is 0 Å². The second kappa shape index (κ2) is 8.66. The number of hydrogen-bond acceptors (Lipinski definition) is 5. The molecule has 0 unspecified atom stereocenters. The molecule has 138 valence electrons. The van der Waals surface area contributed by atoms with Gasteiger partial charge in [0.1, 0.15) is 5.75 Å². The van der Waals surface area contributed by atoms with E-state index in [0.29, 0.717) is 29.6 Å². The lowest BCUT2D eigenvalue weighted by Gasteiger charge is -2.10. The molecule has 0 saturated heterocycles. The fourth-order valence-electron chi connectivity index (χ4n) is 2.43. The normalized spacial score (nSPS) is 10.1. The summed E-state index contributed by atoms with van der Waals surface area (Å²) in [5.74, 6) is 1.21. The predicted molar refractivity (Wildman–Crippen MR) is 104 cm³/mol. The maximum Gasteiger partial charge on any atom is 0.323 e. The molecular formula is C20H20N4O3. The second-order valence-corrected chi connectivity index (χ2v) is 5.58. The number of amides is 2. The van der Waals surface area contributed by atoms with E-state index >= 15 is 0 Å². The molecule has 0 atom stereocenters. The highest BCUT2D eigenvalue weighted by Crippen LogP contribution is 2.22. The van der Waals surface area contributed by atoms with Crippen LogP contribution in [-0.4, -0.2) is 29.9 Å². The number of nitrogens with zero attached hydrogens (tertiary/aromatic N) is 2. The standard InChI is InChI=1S/C20H20N4O3/c1-3-27-17-9-7-15(8-10-17)21-20(25)22-16-6-4-5-14(13-16)18-11-12-19(26-2)24-23-18/h4-13H,3H2,1-2H3,(H2,21,22,25). The van der Waals surface area contributed by atoms with Gasteiger partial charge in [-0.1, -0.05) is 12.1 Å². The molecule has 7 nitrogen and oxygen atoms in total. The summed E-state index contributed by atoms with van der Waals surface area (Å²) in [6.45, 7) is 2.52. The number of hydrogen-bond donors (Lipinski definition) is 2. The van der Waals surface area contributed by atoms with Gasteiger partial charge < -0.3 is 20.1 Å². The number of rotatable bonds is 6. The topological polar surface area (TPSA) is 85.4 Å². The lowest BCUT2D eigenvalue weighted by molar-refractivity contribution is 0.262. The third-order valence-electron chi connectivity index (χ3n) is 3.69. The van der Waals surface area contributed by atoms with Gasteiger partial charge in [-0.2, -0.15) is 0 Å². The molecule has 1 heterocycles. The van der Waals surface area contributed by atoms with Crippen molar-refractivity contribution in [2.45, 2.75) is 6.92 Å². The van der Waals surface area contributed by atoms with Crippen molar-refractivity contribution >= 4 is 17.4 Å². The van der Waals surface area contributed by atoms with Gasteiger partial charge in [-0.05, 0) is 49.4 Å². The summed E-state index contributed by atoms with van der Waals surface area (Å²) in [5.41, 5.74) is 2.84. The van der Waals surface area contributed by atoms with Gasteiger partial charge in [0.25, 0.3) is 0 Å². The highest BCUT2D eigenvalue weighted by Gasteiger charge is 2.06. The van der Waals surface area contributed by atoms with Gasteiger partial charge in [0, 0.05) is 23.0 Å². The molecule has 2 aromatic carbocycles. The number of aromatic nitrogens is 2. The summed E-state index contributed by atoms with van der Waals surface area (Å²) in [6, 6.07) is 17.8. The second-order valence-electron chi connectivity index (χ2n) is 5.58. The van der Waals surface area contributed by atoms with Crippen molar-refractivity contribution in [3.05, 3.63) is 60.7 Å². The number of urea groups is 1. The fraction of sp³-hybridized carbons (Fsp3) is 0.150. The first-order chi connectivity index (χ1) is 13.2. The summed E-state index contributed by atoms with van der Waals surface area (Å²) in [6.07, 6.45) is 0. The molecule has 2 N–H and O–H groups in total. The average Bonchev–Trinajstić information content (AvgIpc) is 2.70. The van der Waals surface area contributed by atoms with E-state index in [1.54, 1.807) is 24.3 Å². The van der Waals surface area contributed by atoms with Gasteiger partial charge >= 0.3 is 6.03 Å². The third-order valence-corrected chi connectivity index (χ3v) is 3.69. The van der Waals surface area contributed by atoms with Crippen LogP contribution >= 0.6 is 0 Å². The lowest BCUT2D eigenvalue weighted by Crippen LogP contribution is -2.19. The summed E-state index contributed by atoms with van der Waals surface area (Å²) in [7, 11) is 1.54. The van der Waals surface area contributed by atoms with Crippen molar-refractivity contribution in [3.8, 4) is 22.9 Å². The molecule has 0 aliphatic rings. The number of nitrogens with one attached hydrogen (secondary N) is 2. The van der Waals surface area contributed by atoms with E-state index in [1.807, 2.05) is 43.3 Å². The number of anilines is 2. The minimum Gasteiger partial charge on any atom is -0.494 e. The molecule has 7 heteroatoms. The van der Waals surface area contributed by atoms with Crippen molar-refractivity contribution in [1.29, 1.82) is 0 Å². The van der Waals surface area contributed by atoms with Crippen molar-refractivity contribution in [2.75, 3.05) is 24.4 Å². The monoisotopic (exact) mass is 364 g/mol. The minimum atomic E-state index is -0.336. The Kier molecular flexibility index (Phi) is 5.84. The van der Waals surface area contributed by atoms with E-state index in [0.717, 1.165) is 11.3 Å². The maximum atomic E-state index is 12.2. The number of ether oxygens (including phenoxy) is 2. The number of methoxy groups -OCH3 is 1. The quantitative estimate of drug-likeness (QED) is 0.685. The molecule has 27 heavy (non-hydrogen) atoms. The van der Waals surface area contributed by atoms with E-state index in [-0.39, 0.29) is 6.03 Å². The number of carbonyl (C=O) groups excluding carboxylic acids is 1. The van der Waals surface area contributed by atoms with Crippen molar-refractivity contribution in [2.24, 2.45) is 0 Å². The predicted octanol–water partition coefficient (Wildman–Crippen LogP) is 4.19. The molecule has 0 saturated carbocycles. The van der Waals surface area contributed by atoms with E-state index in [4.69, 9.17) is 9.47 Å². The molecule has 0 radical (unpaired) electrons. The Morgan fingerprint density at radius 3 is 2.41 bits per heavy atom. The molecule has 0 aliphatic heterocycles. The van der Waals surface area contributed by atoms with Crippen LogP contribution < -0.4 is 20.1 Å². The van der Waals surface area contributed by atoms with Gasteiger partial charge in [0.15, 0.2) is 0 Å². The Morgan fingerprint density at radius 2 is 1.74 bits per heavy atom. The van der Waals surface area contributed by atoms with Gasteiger partial charge in [0.2, 0.25) is 5.88 Å². The van der Waals surface area contributed by atoms with E-state index in [1.165, 1.54) is 7.11 Å². The smallest absolute Gasteiger partial charge is 0.323 e. The lowest BCUT2D eigenvalue weighted by atomic mass is 10.1. The summed E-state index contributed by atoms with van der Waals surface area (Å²) in [4.78, 5) is 12.2. The number of carbonyl (C=O) groups is 1. The Bertz CT molecular complexity index is 896. The average molecular weight is 364 g/mol. The molecule has 1 aromatic heterocycles. The van der Waals surface area contributed by atoms with Crippen LogP contribution in [0, 0.1) is 0 Å². The Morgan fingerprint density at radius 1 is 0.963 bits per heavy atom. The maximum absolute atomic E-state index is 12.2. The molecule has 0 aliphatic carbocycles. The minimum absolute atomic E-state index is 0.336. The summed E-state index contributed by atoms with van der Waals surface area (Å²) in [5, 5.41) is 13.7. The van der Waals surface area contributed by atoms with Crippen molar-refractivity contribution in [1.82, 2.24) is 10.2 Å². The first-order valence-corrected chi connectivity index (χ1v) is 8.47. The van der Waals surface area contributed by atoms with E-state index in [2.05, 4.69) is 20.8 Å². The Balaban J connectivity index is 1.65. The zero-order valence-electron chi connectivity index (χ0n) is 15.1. The van der Waals surface area contributed by atoms with Gasteiger partial charge in [-0.15, -0.1) is 10.2 Å². The molecule has 2 amide bonds. The highest BCUT2D eigenvalue weighted by molar-refractivity contribution is 6.00. The molecular weight excluding hydrogens is 344 g/mol. The first-order valence-electron chi connectivity index (χ1n) is 8.47. The van der Waals surface area contributed by atoms with Gasteiger partial charge in [-0.3, -0.25) is 0 Å². The van der Waals surface area contributed by atoms with Crippen LogP contribution in [0.1, 0.15) is 6.92 Å². The third kappa shape index (κ3) is 4.94. The zero-order chi connectivity index (χ0) is 19.1. The van der Waals surface area contributed by atoms with Crippen molar-refractivity contribution < 1.29 is 14.3 Å². The number of benzene rings is 2. The Hall–Kier alpha value is -3.61. The summed E-state index contributed by atoms with van der Waals surface area (Å²) >= 11 is 0. The largest absolute Gasteiger partial charge is 0.494 e. The van der Waals surface area contributed by atoms with Crippen LogP contribution in [0.15, 0.2) is 60.7 Å².